The molecule has 1 aromatic heterocycles. The summed E-state index contributed by atoms with van der Waals surface area (Å²) in [6.45, 7) is 0.912. The number of nitrogens with one attached hydrogen (secondary N) is 1. The fourth-order valence-electron chi connectivity index (χ4n) is 2.67. The Kier molecular flexibility index (Phi) is 3.99. The summed E-state index contributed by atoms with van der Waals surface area (Å²) in [6.07, 6.45) is 5.84. The number of benzene rings is 1. The van der Waals surface area contributed by atoms with Crippen LogP contribution in [0, 0.1) is 5.82 Å². The predicted molar refractivity (Wildman–Crippen MR) is 78.5 cm³/mol. The van der Waals surface area contributed by atoms with Crippen LogP contribution in [0.1, 0.15) is 30.7 Å². The van der Waals surface area contributed by atoms with Crippen LogP contribution >= 0.6 is 0 Å². The van der Waals surface area contributed by atoms with Crippen molar-refractivity contribution in [1.29, 1.82) is 0 Å². The van der Waals surface area contributed by atoms with E-state index in [2.05, 4.69) is 14.9 Å². The Balaban J connectivity index is 1.58. The van der Waals surface area contributed by atoms with Gasteiger partial charge in [-0.05, 0) is 37.0 Å². The van der Waals surface area contributed by atoms with Gasteiger partial charge in [0.1, 0.15) is 17.5 Å². The minimum Gasteiger partial charge on any atom is -0.315 e. The monoisotopic (exact) mass is 287 g/mol. The quantitative estimate of drug-likeness (QED) is 0.940. The van der Waals surface area contributed by atoms with Gasteiger partial charge >= 0.3 is 0 Å². The smallest absolute Gasteiger partial charge is 0.225 e. The van der Waals surface area contributed by atoms with Gasteiger partial charge in [0.25, 0.3) is 0 Å². The van der Waals surface area contributed by atoms with Crippen molar-refractivity contribution in [3.8, 4) is 0 Å². The molecule has 1 amide bonds. The van der Waals surface area contributed by atoms with Crippen LogP contribution in [-0.2, 0) is 24.2 Å². The second kappa shape index (κ2) is 6.08. The minimum absolute atomic E-state index is 0.0625. The van der Waals surface area contributed by atoms with E-state index in [0.717, 1.165) is 43.0 Å². The van der Waals surface area contributed by atoms with Gasteiger partial charge in [-0.2, -0.15) is 0 Å². The van der Waals surface area contributed by atoms with E-state index >= 15 is 0 Å². The first kappa shape index (κ1) is 13.8. The third kappa shape index (κ3) is 3.29. The summed E-state index contributed by atoms with van der Waals surface area (Å²) in [5, 5.41) is 2.90. The van der Waals surface area contributed by atoms with Crippen LogP contribution < -0.4 is 5.32 Å². The largest absolute Gasteiger partial charge is 0.315 e. The number of hydrogen-bond donors (Lipinski definition) is 1. The third-order valence-corrected chi connectivity index (χ3v) is 3.77. The van der Waals surface area contributed by atoms with Crippen molar-refractivity contribution in [2.24, 2.45) is 0 Å². The van der Waals surface area contributed by atoms with Gasteiger partial charge in [0.05, 0.1) is 6.20 Å². The molecule has 0 bridgehead atoms. The van der Waals surface area contributed by atoms with Crippen molar-refractivity contribution in [1.82, 2.24) is 9.55 Å². The highest BCUT2D eigenvalue weighted by molar-refractivity contribution is 5.90. The first-order chi connectivity index (χ1) is 10.2. The molecule has 0 saturated carbocycles. The predicted octanol–water partition coefficient (Wildman–Crippen LogP) is 2.93. The molecule has 0 fully saturated rings. The number of nitrogens with zero attached hydrogens (tertiary/aromatic N) is 2. The van der Waals surface area contributed by atoms with Crippen LogP contribution in [0.3, 0.4) is 0 Å². The Bertz CT molecular complexity index is 651. The van der Waals surface area contributed by atoms with Gasteiger partial charge in [0.2, 0.25) is 5.91 Å². The summed E-state index contributed by atoms with van der Waals surface area (Å²) in [6, 6.07) is 6.36. The summed E-state index contributed by atoms with van der Waals surface area (Å²) in [5.74, 6) is 1.49. The van der Waals surface area contributed by atoms with Gasteiger partial charge in [-0.25, -0.2) is 9.37 Å². The third-order valence-electron chi connectivity index (χ3n) is 3.77. The molecule has 0 atom stereocenters. The van der Waals surface area contributed by atoms with Gasteiger partial charge in [-0.1, -0.05) is 12.1 Å². The molecule has 1 aromatic carbocycles. The van der Waals surface area contributed by atoms with Crippen LogP contribution in [0.15, 0.2) is 30.5 Å². The summed E-state index contributed by atoms with van der Waals surface area (Å²) in [5.41, 5.74) is 0.834. The minimum atomic E-state index is -0.266. The number of hydrogen-bond acceptors (Lipinski definition) is 2. The number of imidazole rings is 1. The van der Waals surface area contributed by atoms with E-state index in [-0.39, 0.29) is 11.7 Å². The molecule has 3 rings (SSSR count). The van der Waals surface area contributed by atoms with Crippen LogP contribution in [-0.4, -0.2) is 15.5 Å². The second-order valence-electron chi connectivity index (χ2n) is 5.35. The molecule has 2 aromatic rings. The lowest BCUT2D eigenvalue weighted by atomic mass is 10.1. The van der Waals surface area contributed by atoms with E-state index in [1.54, 1.807) is 12.3 Å². The highest BCUT2D eigenvalue weighted by Crippen LogP contribution is 2.19. The molecule has 0 saturated heterocycles. The number of rotatable bonds is 4. The molecule has 1 aliphatic heterocycles. The van der Waals surface area contributed by atoms with Crippen molar-refractivity contribution in [3.05, 3.63) is 47.7 Å². The van der Waals surface area contributed by atoms with Crippen molar-refractivity contribution >= 4 is 11.7 Å². The van der Waals surface area contributed by atoms with Crippen molar-refractivity contribution in [2.75, 3.05) is 5.32 Å². The number of halogens is 1. The number of aryl methyl sites for hydroxylation is 2. The number of carbonyl (C=O) groups is 1. The second-order valence-corrected chi connectivity index (χ2v) is 5.35. The van der Waals surface area contributed by atoms with Gasteiger partial charge in [0, 0.05) is 19.4 Å². The number of aromatic nitrogens is 2. The normalized spacial score (nSPS) is 13.8. The van der Waals surface area contributed by atoms with Crippen molar-refractivity contribution in [2.45, 2.75) is 38.6 Å². The maximum atomic E-state index is 13.1. The maximum Gasteiger partial charge on any atom is 0.225 e. The first-order valence-corrected chi connectivity index (χ1v) is 7.31. The molecular weight excluding hydrogens is 269 g/mol. The number of fused-ring (bicyclic) bond motifs is 1. The van der Waals surface area contributed by atoms with Crippen LogP contribution in [0.25, 0.3) is 0 Å². The fraction of sp³-hybridized carbons (Fsp3) is 0.375. The number of anilines is 1. The fourth-order valence-corrected chi connectivity index (χ4v) is 2.67. The molecule has 0 spiro atoms. The highest BCUT2D eigenvalue weighted by Gasteiger charge is 2.15. The molecule has 4 nitrogen and oxygen atoms in total. The van der Waals surface area contributed by atoms with Gasteiger partial charge in [-0.3, -0.25) is 4.79 Å². The molecular formula is C16H18FN3O. The molecule has 0 radical (unpaired) electrons. The standard InChI is InChI=1S/C16H18FN3O/c17-13-5-3-4-12(10-13)7-8-16(21)19-15-11-18-14-6-1-2-9-20(14)15/h3-5,10-11H,1-2,6-9H2,(H,19,21). The Hall–Kier alpha value is -2.17. The zero-order valence-electron chi connectivity index (χ0n) is 11.8. The van der Waals surface area contributed by atoms with E-state index in [1.807, 2.05) is 6.07 Å². The Morgan fingerprint density at radius 3 is 3.14 bits per heavy atom. The van der Waals surface area contributed by atoms with E-state index in [1.165, 1.54) is 12.1 Å². The first-order valence-electron chi connectivity index (χ1n) is 7.31. The van der Waals surface area contributed by atoms with Crippen molar-refractivity contribution < 1.29 is 9.18 Å². The Morgan fingerprint density at radius 1 is 1.38 bits per heavy atom. The van der Waals surface area contributed by atoms with Crippen LogP contribution in [0.2, 0.25) is 0 Å². The summed E-state index contributed by atoms with van der Waals surface area (Å²) in [7, 11) is 0. The number of carbonyl (C=O) groups excluding carboxylic acids is 1. The molecule has 21 heavy (non-hydrogen) atoms. The van der Waals surface area contributed by atoms with E-state index < -0.39 is 0 Å². The lowest BCUT2D eigenvalue weighted by Crippen LogP contribution is -2.18. The topological polar surface area (TPSA) is 46.9 Å². The van der Waals surface area contributed by atoms with Gasteiger partial charge in [-0.15, -0.1) is 0 Å². The maximum absolute atomic E-state index is 13.1. The summed E-state index contributed by atoms with van der Waals surface area (Å²) >= 11 is 0. The van der Waals surface area contributed by atoms with E-state index in [9.17, 15) is 9.18 Å². The van der Waals surface area contributed by atoms with Gasteiger partial charge < -0.3 is 9.88 Å². The molecule has 0 aliphatic carbocycles. The van der Waals surface area contributed by atoms with E-state index in [0.29, 0.717) is 12.8 Å². The molecule has 5 heteroatoms. The molecule has 0 unspecified atom stereocenters. The zero-order chi connectivity index (χ0) is 14.7. The molecule has 2 heterocycles. The Labute approximate surface area is 123 Å². The number of amides is 1. The summed E-state index contributed by atoms with van der Waals surface area (Å²) < 4.78 is 15.1. The lowest BCUT2D eigenvalue weighted by Gasteiger charge is -2.16. The SMILES string of the molecule is O=C(CCc1cccc(F)c1)Nc1cnc2n1CCCC2. The Morgan fingerprint density at radius 2 is 2.29 bits per heavy atom. The van der Waals surface area contributed by atoms with Crippen molar-refractivity contribution in [3.63, 3.8) is 0 Å². The molecule has 110 valence electrons. The average Bonchev–Trinajstić information content (AvgIpc) is 2.89. The molecule has 1 N–H and O–H groups in total. The average molecular weight is 287 g/mol. The molecule has 1 aliphatic rings. The van der Waals surface area contributed by atoms with Gasteiger partial charge in [0.15, 0.2) is 0 Å². The van der Waals surface area contributed by atoms with Crippen LogP contribution in [0.4, 0.5) is 10.2 Å². The zero-order valence-corrected chi connectivity index (χ0v) is 11.8. The lowest BCUT2D eigenvalue weighted by molar-refractivity contribution is -0.116. The van der Waals surface area contributed by atoms with Crippen LogP contribution in [0.5, 0.6) is 0 Å². The van der Waals surface area contributed by atoms with E-state index in [4.69, 9.17) is 0 Å². The summed E-state index contributed by atoms with van der Waals surface area (Å²) in [4.78, 5) is 16.3. The highest BCUT2D eigenvalue weighted by atomic mass is 19.1.